The SMILES string of the molecule is O=C([O-])c1c(=O)o[nH][n+]1C1CCCC1. The van der Waals surface area contributed by atoms with Crippen molar-refractivity contribution in [3.63, 3.8) is 0 Å². The molecule has 1 saturated carbocycles. The van der Waals surface area contributed by atoms with E-state index in [4.69, 9.17) is 0 Å². The second kappa shape index (κ2) is 3.28. The van der Waals surface area contributed by atoms with E-state index in [1.54, 1.807) is 0 Å². The molecule has 0 aromatic carbocycles. The molecule has 1 heterocycles. The molecule has 0 atom stereocenters. The van der Waals surface area contributed by atoms with Crippen molar-refractivity contribution in [2.24, 2.45) is 0 Å². The van der Waals surface area contributed by atoms with Crippen molar-refractivity contribution < 1.29 is 19.1 Å². The molecular formula is C8H10N2O4. The summed E-state index contributed by atoms with van der Waals surface area (Å²) in [6.45, 7) is 0. The average molecular weight is 198 g/mol. The Labute approximate surface area is 79.1 Å². The summed E-state index contributed by atoms with van der Waals surface area (Å²) in [6, 6.07) is 0.0225. The van der Waals surface area contributed by atoms with E-state index in [9.17, 15) is 14.7 Å². The van der Waals surface area contributed by atoms with Gasteiger partial charge < -0.3 is 9.90 Å². The number of nitrogens with one attached hydrogen (secondary N) is 1. The molecule has 1 fully saturated rings. The molecular weight excluding hydrogens is 188 g/mol. The first-order chi connectivity index (χ1) is 6.70. The number of hydrogen-bond donors (Lipinski definition) is 1. The van der Waals surface area contributed by atoms with Crippen LogP contribution in [0, 0.1) is 0 Å². The minimum Gasteiger partial charge on any atom is -0.539 e. The largest absolute Gasteiger partial charge is 0.539 e. The van der Waals surface area contributed by atoms with Crippen LogP contribution in [0.15, 0.2) is 9.32 Å². The second-order valence-corrected chi connectivity index (χ2v) is 3.43. The highest BCUT2D eigenvalue weighted by Gasteiger charge is 2.32. The Morgan fingerprint density at radius 2 is 2.14 bits per heavy atom. The van der Waals surface area contributed by atoms with Crippen molar-refractivity contribution in [3.05, 3.63) is 16.1 Å². The summed E-state index contributed by atoms with van der Waals surface area (Å²) in [5.41, 5.74) is -1.30. The van der Waals surface area contributed by atoms with Crippen molar-refractivity contribution in [1.29, 1.82) is 0 Å². The number of aromatic carboxylic acids is 1. The Bertz CT molecular complexity index is 400. The lowest BCUT2D eigenvalue weighted by Crippen LogP contribution is -2.49. The van der Waals surface area contributed by atoms with Gasteiger partial charge in [0.1, 0.15) is 5.97 Å². The first-order valence-electron chi connectivity index (χ1n) is 4.54. The third-order valence-electron chi connectivity index (χ3n) is 2.55. The number of aromatic nitrogens is 2. The molecule has 1 aromatic rings. The van der Waals surface area contributed by atoms with Crippen LogP contribution < -0.4 is 15.4 Å². The lowest BCUT2D eigenvalue weighted by atomic mass is 10.2. The molecule has 1 aromatic heterocycles. The minimum atomic E-state index is -1.49. The number of carbonyl (C=O) groups is 1. The number of carboxylic acid groups (broad SMARTS) is 1. The summed E-state index contributed by atoms with van der Waals surface area (Å²) in [4.78, 5) is 21.6. The average Bonchev–Trinajstić information content (AvgIpc) is 2.70. The van der Waals surface area contributed by atoms with E-state index in [0.717, 1.165) is 25.7 Å². The van der Waals surface area contributed by atoms with Gasteiger partial charge >= 0.3 is 11.3 Å². The molecule has 6 heteroatoms. The molecule has 14 heavy (non-hydrogen) atoms. The van der Waals surface area contributed by atoms with Crippen LogP contribution in [0.3, 0.4) is 0 Å². The Morgan fingerprint density at radius 1 is 1.50 bits per heavy atom. The van der Waals surface area contributed by atoms with Crippen LogP contribution >= 0.6 is 0 Å². The summed E-state index contributed by atoms with van der Waals surface area (Å²) in [7, 11) is 0. The normalized spacial score (nSPS) is 17.4. The fourth-order valence-corrected chi connectivity index (χ4v) is 1.88. The third kappa shape index (κ3) is 1.32. The second-order valence-electron chi connectivity index (χ2n) is 3.43. The van der Waals surface area contributed by atoms with E-state index in [2.05, 4.69) is 9.79 Å². The highest BCUT2D eigenvalue weighted by molar-refractivity contribution is 5.80. The van der Waals surface area contributed by atoms with Gasteiger partial charge in [0.05, 0.1) is 0 Å². The number of H-pyrrole nitrogens is 1. The van der Waals surface area contributed by atoms with Gasteiger partial charge in [0.25, 0.3) is 0 Å². The zero-order valence-electron chi connectivity index (χ0n) is 7.49. The fourth-order valence-electron chi connectivity index (χ4n) is 1.88. The molecule has 1 aliphatic rings. The summed E-state index contributed by atoms with van der Waals surface area (Å²) in [5.74, 6) is -1.49. The van der Waals surface area contributed by atoms with Crippen molar-refractivity contribution in [3.8, 4) is 0 Å². The van der Waals surface area contributed by atoms with Crippen molar-refractivity contribution in [1.82, 2.24) is 5.27 Å². The molecule has 0 unspecified atom stereocenters. The maximum atomic E-state index is 11.0. The van der Waals surface area contributed by atoms with Gasteiger partial charge in [0.2, 0.25) is 0 Å². The van der Waals surface area contributed by atoms with Crippen LogP contribution in [0.2, 0.25) is 0 Å². The van der Waals surface area contributed by atoms with E-state index < -0.39 is 17.3 Å². The van der Waals surface area contributed by atoms with Crippen LogP contribution in [0.25, 0.3) is 0 Å². The van der Waals surface area contributed by atoms with Gasteiger partial charge in [0, 0.05) is 12.8 Å². The third-order valence-corrected chi connectivity index (χ3v) is 2.55. The van der Waals surface area contributed by atoms with Crippen molar-refractivity contribution >= 4 is 5.97 Å². The number of aromatic amines is 1. The zero-order chi connectivity index (χ0) is 10.1. The van der Waals surface area contributed by atoms with E-state index >= 15 is 0 Å². The number of carboxylic acids is 1. The van der Waals surface area contributed by atoms with Gasteiger partial charge in [-0.3, -0.25) is 4.52 Å². The number of carbonyl (C=O) groups excluding carboxylic acids is 1. The highest BCUT2D eigenvalue weighted by atomic mass is 16.5. The van der Waals surface area contributed by atoms with Gasteiger partial charge in [-0.1, -0.05) is 4.68 Å². The molecule has 0 saturated heterocycles. The van der Waals surface area contributed by atoms with Gasteiger partial charge in [-0.15, -0.1) is 0 Å². The van der Waals surface area contributed by atoms with Crippen LogP contribution in [0.5, 0.6) is 0 Å². The molecule has 0 bridgehead atoms. The van der Waals surface area contributed by atoms with Crippen LogP contribution in [-0.2, 0) is 0 Å². The number of hydrogen-bond acceptors (Lipinski definition) is 4. The number of nitrogens with zero attached hydrogens (tertiary/aromatic N) is 1. The maximum Gasteiger partial charge on any atom is 0.436 e. The number of rotatable bonds is 2. The van der Waals surface area contributed by atoms with E-state index in [1.165, 1.54) is 4.68 Å². The molecule has 2 rings (SSSR count). The van der Waals surface area contributed by atoms with Gasteiger partial charge in [-0.05, 0) is 18.1 Å². The zero-order valence-corrected chi connectivity index (χ0v) is 7.49. The van der Waals surface area contributed by atoms with Crippen LogP contribution in [0.4, 0.5) is 0 Å². The predicted molar refractivity (Wildman–Crippen MR) is 41.4 cm³/mol. The summed E-state index contributed by atoms with van der Waals surface area (Å²) < 4.78 is 5.70. The first kappa shape index (κ1) is 8.98. The Balaban J connectivity index is 2.42. The molecule has 0 radical (unpaired) electrons. The van der Waals surface area contributed by atoms with Gasteiger partial charge in [-0.2, -0.15) is 0 Å². The topological polar surface area (TPSA) is 90.0 Å². The van der Waals surface area contributed by atoms with Gasteiger partial charge in [-0.25, -0.2) is 4.79 Å². The Kier molecular flexibility index (Phi) is 2.11. The monoisotopic (exact) mass is 198 g/mol. The standard InChI is InChI=1S/C8H10N2O4/c11-7(12)6-8(13)14-9-10(6)5-3-1-2-4-5/h5H,1-4H2,(H-,9,11,12,13). The summed E-state index contributed by atoms with van der Waals surface area (Å²) >= 11 is 0. The van der Waals surface area contributed by atoms with Crippen LogP contribution in [-0.4, -0.2) is 11.2 Å². The molecule has 6 nitrogen and oxygen atoms in total. The van der Waals surface area contributed by atoms with Gasteiger partial charge in [0.15, 0.2) is 6.04 Å². The Hall–Kier alpha value is -1.59. The Morgan fingerprint density at radius 3 is 2.71 bits per heavy atom. The minimum absolute atomic E-state index is 0.0225. The van der Waals surface area contributed by atoms with Crippen molar-refractivity contribution in [2.75, 3.05) is 0 Å². The highest BCUT2D eigenvalue weighted by Crippen LogP contribution is 2.24. The molecule has 76 valence electrons. The van der Waals surface area contributed by atoms with Crippen molar-refractivity contribution in [2.45, 2.75) is 31.7 Å². The van der Waals surface area contributed by atoms with Crippen LogP contribution in [0.1, 0.15) is 42.2 Å². The quantitative estimate of drug-likeness (QED) is 0.600. The lowest BCUT2D eigenvalue weighted by Gasteiger charge is -2.00. The first-order valence-corrected chi connectivity index (χ1v) is 4.54. The maximum absolute atomic E-state index is 11.0. The molecule has 0 aliphatic heterocycles. The van der Waals surface area contributed by atoms with E-state index in [0.29, 0.717) is 0 Å². The predicted octanol–water partition coefficient (Wildman–Crippen LogP) is -1.27. The molecule has 1 aliphatic carbocycles. The molecule has 1 N–H and O–H groups in total. The van der Waals surface area contributed by atoms with E-state index in [-0.39, 0.29) is 6.04 Å². The smallest absolute Gasteiger partial charge is 0.436 e. The molecule has 0 amide bonds. The fraction of sp³-hybridized carbons (Fsp3) is 0.625. The summed E-state index contributed by atoms with van der Waals surface area (Å²) in [6.07, 6.45) is 3.80. The van der Waals surface area contributed by atoms with E-state index in [1.807, 2.05) is 0 Å². The molecule has 0 spiro atoms. The summed E-state index contributed by atoms with van der Waals surface area (Å²) in [5, 5.41) is 13.0. The lowest BCUT2D eigenvalue weighted by molar-refractivity contribution is -0.787.